The summed E-state index contributed by atoms with van der Waals surface area (Å²) >= 11 is 0. The Labute approximate surface area is 143 Å². The van der Waals surface area contributed by atoms with Gasteiger partial charge in [0.2, 0.25) is 11.8 Å². The number of nitrogens with zero attached hydrogens (tertiary/aromatic N) is 2. The summed E-state index contributed by atoms with van der Waals surface area (Å²) in [5, 5.41) is 11.8. The first kappa shape index (κ1) is 18.0. The minimum absolute atomic E-state index is 0.0344. The Morgan fingerprint density at radius 2 is 1.88 bits per heavy atom. The molecule has 0 aromatic heterocycles. The predicted octanol–water partition coefficient (Wildman–Crippen LogP) is 3.46. The lowest BCUT2D eigenvalue weighted by Crippen LogP contribution is -2.40. The van der Waals surface area contributed by atoms with Crippen molar-refractivity contribution < 1.29 is 9.59 Å². The van der Waals surface area contributed by atoms with E-state index in [-0.39, 0.29) is 24.3 Å². The summed E-state index contributed by atoms with van der Waals surface area (Å²) in [6.45, 7) is 2.01. The molecule has 1 aliphatic rings. The van der Waals surface area contributed by atoms with Crippen molar-refractivity contribution in [2.45, 2.75) is 57.9 Å². The first-order valence-electron chi connectivity index (χ1n) is 8.68. The summed E-state index contributed by atoms with van der Waals surface area (Å²) in [7, 11) is 0. The van der Waals surface area contributed by atoms with Crippen molar-refractivity contribution in [1.82, 2.24) is 4.90 Å². The van der Waals surface area contributed by atoms with Crippen molar-refractivity contribution >= 4 is 17.5 Å². The summed E-state index contributed by atoms with van der Waals surface area (Å²) in [6, 6.07) is 9.24. The van der Waals surface area contributed by atoms with Gasteiger partial charge in [0.15, 0.2) is 0 Å². The average Bonchev–Trinajstić information content (AvgIpc) is 2.84. The Bertz CT molecular complexity index is 613. The molecule has 1 aromatic rings. The van der Waals surface area contributed by atoms with Crippen LogP contribution in [0.3, 0.4) is 0 Å². The van der Waals surface area contributed by atoms with Gasteiger partial charge in [0.25, 0.3) is 0 Å². The van der Waals surface area contributed by atoms with E-state index in [4.69, 9.17) is 5.26 Å². The zero-order valence-electron chi connectivity index (χ0n) is 14.3. The summed E-state index contributed by atoms with van der Waals surface area (Å²) in [5.41, 5.74) is 0.965. The molecule has 5 nitrogen and oxygen atoms in total. The maximum atomic E-state index is 12.2. The monoisotopic (exact) mass is 327 g/mol. The molecule has 1 saturated carbocycles. The Balaban J connectivity index is 1.92. The van der Waals surface area contributed by atoms with Gasteiger partial charge in [-0.05, 0) is 25.0 Å². The maximum Gasteiger partial charge on any atom is 0.226 e. The molecule has 0 bridgehead atoms. The number of anilines is 1. The molecule has 1 aliphatic carbocycles. The van der Waals surface area contributed by atoms with Crippen LogP contribution in [-0.2, 0) is 9.59 Å². The van der Waals surface area contributed by atoms with Crippen LogP contribution >= 0.6 is 0 Å². The van der Waals surface area contributed by atoms with Crippen molar-refractivity contribution in [2.24, 2.45) is 0 Å². The second-order valence-electron chi connectivity index (χ2n) is 6.31. The van der Waals surface area contributed by atoms with Crippen molar-refractivity contribution in [3.63, 3.8) is 0 Å². The van der Waals surface area contributed by atoms with E-state index in [0.29, 0.717) is 17.8 Å². The van der Waals surface area contributed by atoms with Crippen molar-refractivity contribution in [2.75, 3.05) is 11.9 Å². The molecule has 1 aromatic carbocycles. The minimum Gasteiger partial charge on any atom is -0.339 e. The first-order chi connectivity index (χ1) is 11.6. The molecule has 5 heteroatoms. The molecular formula is C19H25N3O2. The van der Waals surface area contributed by atoms with Gasteiger partial charge in [-0.1, -0.05) is 37.8 Å². The van der Waals surface area contributed by atoms with Crippen molar-refractivity contribution in [3.05, 3.63) is 29.8 Å². The maximum absolute atomic E-state index is 12.2. The van der Waals surface area contributed by atoms with Gasteiger partial charge in [-0.25, -0.2) is 0 Å². The van der Waals surface area contributed by atoms with Crippen LogP contribution in [0, 0.1) is 11.3 Å². The Morgan fingerprint density at radius 3 is 2.50 bits per heavy atom. The van der Waals surface area contributed by atoms with Crippen LogP contribution in [0.2, 0.25) is 0 Å². The number of carbonyl (C=O) groups excluding carboxylic acids is 2. The molecule has 0 saturated heterocycles. The van der Waals surface area contributed by atoms with Crippen LogP contribution in [0.15, 0.2) is 24.3 Å². The fourth-order valence-electron chi connectivity index (χ4n) is 3.29. The third kappa shape index (κ3) is 5.09. The van der Waals surface area contributed by atoms with Gasteiger partial charge in [0.1, 0.15) is 6.07 Å². The molecule has 2 rings (SSSR count). The highest BCUT2D eigenvalue weighted by Crippen LogP contribution is 2.22. The average molecular weight is 327 g/mol. The molecule has 0 heterocycles. The highest BCUT2D eigenvalue weighted by atomic mass is 16.2. The van der Waals surface area contributed by atoms with Crippen molar-refractivity contribution in [3.8, 4) is 6.07 Å². The van der Waals surface area contributed by atoms with Crippen LogP contribution in [0.4, 0.5) is 5.69 Å². The summed E-state index contributed by atoms with van der Waals surface area (Å²) in [6.07, 6.45) is 7.06. The molecule has 0 radical (unpaired) electrons. The highest BCUT2D eigenvalue weighted by Gasteiger charge is 2.22. The number of amides is 2. The second kappa shape index (κ2) is 9.07. The molecule has 128 valence electrons. The highest BCUT2D eigenvalue weighted by molar-refractivity contribution is 5.92. The van der Waals surface area contributed by atoms with Crippen LogP contribution in [0.25, 0.3) is 0 Å². The van der Waals surface area contributed by atoms with Crippen molar-refractivity contribution in [1.29, 1.82) is 5.26 Å². The Hall–Kier alpha value is -2.35. The van der Waals surface area contributed by atoms with Gasteiger partial charge in [0.05, 0.1) is 11.3 Å². The van der Waals surface area contributed by atoms with E-state index in [2.05, 4.69) is 11.4 Å². The number of nitrogens with one attached hydrogen (secondary N) is 1. The normalized spacial score (nSPS) is 15.2. The fourth-order valence-corrected chi connectivity index (χ4v) is 3.29. The van der Waals surface area contributed by atoms with E-state index in [1.165, 1.54) is 12.8 Å². The standard InChI is InChI=1S/C19H25N3O2/c1-15(23)22(17-9-4-2-3-5-10-17)13-12-19(24)21-18-11-7-6-8-16(18)14-20/h6-8,11,17H,2-5,9-10,12-13H2,1H3,(H,21,24). The molecule has 2 amide bonds. The SMILES string of the molecule is CC(=O)N(CCC(=O)Nc1ccccc1C#N)C1CCCCCC1. The van der Waals surface area contributed by atoms with Gasteiger partial charge in [-0.2, -0.15) is 5.26 Å². The summed E-state index contributed by atoms with van der Waals surface area (Å²) in [4.78, 5) is 26.0. The van der Waals surface area contributed by atoms with Gasteiger partial charge in [0, 0.05) is 25.9 Å². The molecule has 1 N–H and O–H groups in total. The second-order valence-corrected chi connectivity index (χ2v) is 6.31. The van der Waals surface area contributed by atoms with E-state index < -0.39 is 0 Å². The number of carbonyl (C=O) groups is 2. The minimum atomic E-state index is -0.169. The lowest BCUT2D eigenvalue weighted by atomic mass is 10.1. The molecule has 0 atom stereocenters. The topological polar surface area (TPSA) is 73.2 Å². The number of hydrogen-bond acceptors (Lipinski definition) is 3. The van der Waals surface area contributed by atoms with E-state index in [1.54, 1.807) is 31.2 Å². The van der Waals surface area contributed by atoms with Gasteiger partial charge >= 0.3 is 0 Å². The molecule has 24 heavy (non-hydrogen) atoms. The number of benzene rings is 1. The van der Waals surface area contributed by atoms with Crippen LogP contribution in [0.1, 0.15) is 57.4 Å². The van der Waals surface area contributed by atoms with E-state index >= 15 is 0 Å². The van der Waals surface area contributed by atoms with Gasteiger partial charge < -0.3 is 10.2 Å². The molecular weight excluding hydrogens is 302 g/mol. The molecule has 1 fully saturated rings. The Morgan fingerprint density at radius 1 is 1.21 bits per heavy atom. The fraction of sp³-hybridized carbons (Fsp3) is 0.526. The van der Waals surface area contributed by atoms with Gasteiger partial charge in [-0.3, -0.25) is 9.59 Å². The predicted molar refractivity (Wildman–Crippen MR) is 93.3 cm³/mol. The summed E-state index contributed by atoms with van der Waals surface area (Å²) in [5.74, 6) is -0.135. The lowest BCUT2D eigenvalue weighted by Gasteiger charge is -2.30. The zero-order chi connectivity index (χ0) is 17.4. The number of rotatable bonds is 5. The first-order valence-corrected chi connectivity index (χ1v) is 8.68. The molecule has 0 spiro atoms. The lowest BCUT2D eigenvalue weighted by molar-refractivity contribution is -0.131. The van der Waals surface area contributed by atoms with Gasteiger partial charge in [-0.15, -0.1) is 0 Å². The van der Waals surface area contributed by atoms with Crippen LogP contribution < -0.4 is 5.32 Å². The molecule has 0 aliphatic heterocycles. The Kier molecular flexibility index (Phi) is 6.80. The quantitative estimate of drug-likeness (QED) is 0.842. The number of hydrogen-bond donors (Lipinski definition) is 1. The van der Waals surface area contributed by atoms with Crippen LogP contribution in [-0.4, -0.2) is 29.3 Å². The van der Waals surface area contributed by atoms with Crippen LogP contribution in [0.5, 0.6) is 0 Å². The number of nitriles is 1. The molecule has 0 unspecified atom stereocenters. The smallest absolute Gasteiger partial charge is 0.226 e. The zero-order valence-corrected chi connectivity index (χ0v) is 14.3. The van der Waals surface area contributed by atoms with E-state index in [0.717, 1.165) is 25.7 Å². The third-order valence-corrected chi connectivity index (χ3v) is 4.57. The summed E-state index contributed by atoms with van der Waals surface area (Å²) < 4.78 is 0. The van der Waals surface area contributed by atoms with E-state index in [1.807, 2.05) is 4.90 Å². The largest absolute Gasteiger partial charge is 0.339 e. The van der Waals surface area contributed by atoms with E-state index in [9.17, 15) is 9.59 Å². The number of para-hydroxylation sites is 1. The third-order valence-electron chi connectivity index (χ3n) is 4.57.